The van der Waals surface area contributed by atoms with Gasteiger partial charge in [0.25, 0.3) is 0 Å². The van der Waals surface area contributed by atoms with Crippen molar-refractivity contribution in [2.45, 2.75) is 48.5 Å². The molecule has 0 radical (unpaired) electrons. The number of nitrogens with zero attached hydrogens (tertiary/aromatic N) is 3. The van der Waals surface area contributed by atoms with E-state index in [0.29, 0.717) is 16.6 Å². The molecule has 0 amide bonds. The lowest BCUT2D eigenvalue weighted by Crippen LogP contribution is -1.82. The van der Waals surface area contributed by atoms with E-state index in [1.54, 1.807) is 18.2 Å². The zero-order chi connectivity index (χ0) is 29.7. The summed E-state index contributed by atoms with van der Waals surface area (Å²) in [6.45, 7) is 13.7. The molecule has 0 aliphatic heterocycles. The third-order valence-corrected chi connectivity index (χ3v) is 5.51. The summed E-state index contributed by atoms with van der Waals surface area (Å²) in [6.07, 6.45) is 0. The quantitative estimate of drug-likeness (QED) is 0.179. The number of aromatic nitrogens is 3. The van der Waals surface area contributed by atoms with Crippen molar-refractivity contribution in [1.29, 1.82) is 0 Å². The van der Waals surface area contributed by atoms with Gasteiger partial charge in [-0.3, -0.25) is 0 Å². The molecule has 0 unspecified atom stereocenters. The van der Waals surface area contributed by atoms with Crippen molar-refractivity contribution in [1.82, 2.24) is 15.0 Å². The highest BCUT2D eigenvalue weighted by atomic mass is 16.3. The van der Waals surface area contributed by atoms with Gasteiger partial charge in [-0.15, -0.1) is 0 Å². The van der Waals surface area contributed by atoms with Gasteiger partial charge < -0.3 is 15.3 Å². The topological polar surface area (TPSA) is 99.4 Å². The molecule has 6 heteroatoms. The van der Waals surface area contributed by atoms with Crippen LogP contribution >= 0.6 is 0 Å². The number of aromatic hydroxyl groups is 3. The average Bonchev–Trinajstić information content (AvgIpc) is 2.97. The van der Waals surface area contributed by atoms with Crippen LogP contribution in [0.5, 0.6) is 17.2 Å². The smallest absolute Gasteiger partial charge is 0.141 e. The summed E-state index contributed by atoms with van der Waals surface area (Å²) < 4.78 is 0. The molecule has 6 aromatic rings. The molecule has 208 valence electrons. The van der Waals surface area contributed by atoms with Crippen LogP contribution in [0.2, 0.25) is 0 Å². The van der Waals surface area contributed by atoms with Crippen LogP contribution in [-0.2, 0) is 0 Å². The van der Waals surface area contributed by atoms with Crippen LogP contribution in [0.15, 0.2) is 91.0 Å². The second-order valence-electron chi connectivity index (χ2n) is 8.40. The van der Waals surface area contributed by atoms with Crippen molar-refractivity contribution in [2.75, 3.05) is 0 Å². The molecule has 0 bridgehead atoms. The maximum atomic E-state index is 9.43. The van der Waals surface area contributed by atoms with Crippen LogP contribution in [0, 0.1) is 20.8 Å². The Morgan fingerprint density at radius 2 is 0.625 bits per heavy atom. The number of para-hydroxylation sites is 3. The van der Waals surface area contributed by atoms with E-state index in [0.717, 1.165) is 33.2 Å². The maximum Gasteiger partial charge on any atom is 0.141 e. The Labute approximate surface area is 236 Å². The van der Waals surface area contributed by atoms with Gasteiger partial charge in [-0.25, -0.2) is 15.0 Å². The standard InChI is InChI=1S/3C10H9NO.2C2H6/c3*1-7-5-6-8-3-2-4-9(12)10(8)11-7;2*1-2/h3*2-6,12H,1H3;2*1-2H3. The van der Waals surface area contributed by atoms with Gasteiger partial charge in [-0.05, 0) is 57.2 Å². The lowest BCUT2D eigenvalue weighted by Gasteiger charge is -1.99. The fourth-order valence-electron chi connectivity index (χ4n) is 3.69. The molecule has 0 saturated carbocycles. The third kappa shape index (κ3) is 8.40. The van der Waals surface area contributed by atoms with Crippen molar-refractivity contribution in [3.8, 4) is 17.2 Å². The molecule has 3 aromatic carbocycles. The van der Waals surface area contributed by atoms with E-state index in [1.807, 2.05) is 121 Å². The van der Waals surface area contributed by atoms with Gasteiger partial charge in [0.05, 0.1) is 0 Å². The van der Waals surface area contributed by atoms with E-state index in [2.05, 4.69) is 15.0 Å². The number of pyridine rings is 3. The number of phenolic OH excluding ortho intramolecular Hbond substituents is 3. The predicted octanol–water partition coefficient (Wildman–Crippen LogP) is 8.80. The Hall–Kier alpha value is -4.71. The van der Waals surface area contributed by atoms with Gasteiger partial charge in [-0.2, -0.15) is 0 Å². The number of aryl methyl sites for hydroxylation is 3. The molecule has 0 aliphatic carbocycles. The lowest BCUT2D eigenvalue weighted by molar-refractivity contribution is 0.480. The Morgan fingerprint density at radius 1 is 0.375 bits per heavy atom. The zero-order valence-corrected chi connectivity index (χ0v) is 24.3. The Bertz CT molecular complexity index is 1470. The van der Waals surface area contributed by atoms with E-state index < -0.39 is 0 Å². The number of rotatable bonds is 0. The molecule has 0 spiro atoms. The number of hydrogen-bond donors (Lipinski definition) is 3. The van der Waals surface area contributed by atoms with Gasteiger partial charge in [0.1, 0.15) is 33.8 Å². The average molecular weight is 538 g/mol. The Kier molecular flexibility index (Phi) is 12.3. The minimum atomic E-state index is 0.246. The normalized spacial score (nSPS) is 9.68. The summed E-state index contributed by atoms with van der Waals surface area (Å²) >= 11 is 0. The molecule has 0 saturated heterocycles. The summed E-state index contributed by atoms with van der Waals surface area (Å²) in [5, 5.41) is 31.2. The molecule has 3 heterocycles. The van der Waals surface area contributed by atoms with Crippen molar-refractivity contribution in [3.63, 3.8) is 0 Å². The van der Waals surface area contributed by atoms with Crippen LogP contribution < -0.4 is 0 Å². The molecule has 40 heavy (non-hydrogen) atoms. The number of benzene rings is 3. The number of fused-ring (bicyclic) bond motifs is 3. The summed E-state index contributed by atoms with van der Waals surface area (Å²) in [5.74, 6) is 0.739. The highest BCUT2D eigenvalue weighted by molar-refractivity contribution is 5.85. The number of phenols is 3. The molecule has 6 rings (SSSR count). The van der Waals surface area contributed by atoms with Gasteiger partial charge in [0.15, 0.2) is 0 Å². The van der Waals surface area contributed by atoms with Crippen molar-refractivity contribution in [2.24, 2.45) is 0 Å². The largest absolute Gasteiger partial charge is 0.506 e. The third-order valence-electron chi connectivity index (χ3n) is 5.51. The van der Waals surface area contributed by atoms with E-state index in [1.165, 1.54) is 0 Å². The summed E-state index contributed by atoms with van der Waals surface area (Å²) in [6, 6.07) is 27.8. The summed E-state index contributed by atoms with van der Waals surface area (Å²) in [5.41, 5.74) is 4.80. The molecule has 0 aliphatic rings. The molecule has 3 N–H and O–H groups in total. The van der Waals surface area contributed by atoms with Gasteiger partial charge >= 0.3 is 0 Å². The first-order valence-electron chi connectivity index (χ1n) is 13.5. The molecular weight excluding hydrogens is 498 g/mol. The minimum absolute atomic E-state index is 0.246. The molecular formula is C34H39N3O3. The number of hydrogen-bond acceptors (Lipinski definition) is 6. The summed E-state index contributed by atoms with van der Waals surface area (Å²) in [7, 11) is 0. The fraction of sp³-hybridized carbons (Fsp3) is 0.206. The Balaban J connectivity index is 0.000000198. The van der Waals surface area contributed by atoms with Crippen LogP contribution in [-0.4, -0.2) is 30.3 Å². The second-order valence-corrected chi connectivity index (χ2v) is 8.40. The first-order valence-corrected chi connectivity index (χ1v) is 13.5. The SMILES string of the molecule is CC.CC.Cc1ccc2cccc(O)c2n1.Cc1ccc2cccc(O)c2n1.Cc1ccc2cccc(O)c2n1. The van der Waals surface area contributed by atoms with Crippen molar-refractivity contribution >= 4 is 32.7 Å². The fourth-order valence-corrected chi connectivity index (χ4v) is 3.69. The monoisotopic (exact) mass is 537 g/mol. The first kappa shape index (κ1) is 31.5. The second kappa shape index (κ2) is 15.6. The van der Waals surface area contributed by atoms with Crippen LogP contribution in [0.4, 0.5) is 0 Å². The van der Waals surface area contributed by atoms with Crippen LogP contribution in [0.3, 0.4) is 0 Å². The molecule has 0 fully saturated rings. The van der Waals surface area contributed by atoms with Crippen molar-refractivity contribution in [3.05, 3.63) is 108 Å². The zero-order valence-electron chi connectivity index (χ0n) is 24.3. The molecule has 6 nitrogen and oxygen atoms in total. The van der Waals surface area contributed by atoms with E-state index in [4.69, 9.17) is 0 Å². The minimum Gasteiger partial charge on any atom is -0.506 e. The van der Waals surface area contributed by atoms with Gasteiger partial charge in [0, 0.05) is 33.2 Å². The predicted molar refractivity (Wildman–Crippen MR) is 167 cm³/mol. The first-order chi connectivity index (χ1) is 19.3. The van der Waals surface area contributed by atoms with Crippen LogP contribution in [0.1, 0.15) is 44.8 Å². The van der Waals surface area contributed by atoms with Gasteiger partial charge in [0.2, 0.25) is 0 Å². The van der Waals surface area contributed by atoms with E-state index in [9.17, 15) is 15.3 Å². The van der Waals surface area contributed by atoms with Crippen molar-refractivity contribution < 1.29 is 15.3 Å². The van der Waals surface area contributed by atoms with Gasteiger partial charge in [-0.1, -0.05) is 82.3 Å². The van der Waals surface area contributed by atoms with E-state index >= 15 is 0 Å². The lowest BCUT2D eigenvalue weighted by atomic mass is 10.2. The highest BCUT2D eigenvalue weighted by Gasteiger charge is 2.01. The summed E-state index contributed by atoms with van der Waals surface area (Å²) in [4.78, 5) is 12.7. The Morgan fingerprint density at radius 3 is 0.875 bits per heavy atom. The van der Waals surface area contributed by atoms with Crippen LogP contribution in [0.25, 0.3) is 32.7 Å². The maximum absolute atomic E-state index is 9.43. The molecule has 3 aromatic heterocycles. The van der Waals surface area contributed by atoms with E-state index in [-0.39, 0.29) is 17.2 Å². The molecule has 0 atom stereocenters. The highest BCUT2D eigenvalue weighted by Crippen LogP contribution is 2.23.